The smallest absolute Gasteiger partial charge is 0.264 e. The van der Waals surface area contributed by atoms with Crippen LogP contribution in [0.1, 0.15) is 12.0 Å². The van der Waals surface area contributed by atoms with Gasteiger partial charge in [0.05, 0.1) is 17.1 Å². The molecule has 1 aliphatic heterocycles. The lowest BCUT2D eigenvalue weighted by Gasteiger charge is -2.33. The van der Waals surface area contributed by atoms with E-state index >= 15 is 0 Å². The minimum absolute atomic E-state index is 0.256. The summed E-state index contributed by atoms with van der Waals surface area (Å²) in [5, 5.41) is 0. The van der Waals surface area contributed by atoms with Crippen molar-refractivity contribution in [3.05, 3.63) is 48.0 Å². The lowest BCUT2D eigenvalue weighted by molar-refractivity contribution is 0.471. The molecule has 0 unspecified atom stereocenters. The summed E-state index contributed by atoms with van der Waals surface area (Å²) in [7, 11) is -3.95. The van der Waals surface area contributed by atoms with Crippen LogP contribution in [0, 0.1) is 6.92 Å². The molecule has 1 aliphatic rings. The molecular weight excluding hydrogens is 302 g/mol. The predicted octanol–water partition coefficient (Wildman–Crippen LogP) is 3.52. The number of ether oxygens (including phenoxy) is 1. The minimum atomic E-state index is -3.95. The number of benzene rings is 2. The number of hydrogen-bond acceptors (Lipinski definition) is 4. The van der Waals surface area contributed by atoms with E-state index in [-0.39, 0.29) is 5.75 Å². The summed E-state index contributed by atoms with van der Waals surface area (Å²) in [4.78, 5) is 2.05. The average Bonchev–Trinajstić information content (AvgIpc) is 2.45. The van der Waals surface area contributed by atoms with Crippen molar-refractivity contribution in [1.29, 1.82) is 0 Å². The van der Waals surface area contributed by atoms with E-state index in [0.29, 0.717) is 13.0 Å². The van der Waals surface area contributed by atoms with E-state index in [1.165, 1.54) is 0 Å². The second kappa shape index (κ2) is 5.62. The Bertz CT molecular complexity index is 802. The Morgan fingerprint density at radius 1 is 1.09 bits per heavy atom. The molecule has 0 bridgehead atoms. The van der Waals surface area contributed by atoms with Crippen molar-refractivity contribution in [2.24, 2.45) is 0 Å². The van der Waals surface area contributed by atoms with Crippen LogP contribution in [0.4, 0.5) is 11.4 Å². The molecule has 1 N–H and O–H groups in total. The van der Waals surface area contributed by atoms with Crippen LogP contribution in [0.25, 0.3) is 0 Å². The van der Waals surface area contributed by atoms with Crippen LogP contribution in [0.2, 0.25) is 0 Å². The summed E-state index contributed by atoms with van der Waals surface area (Å²) in [6.07, 6.45) is 0.334. The van der Waals surface area contributed by atoms with Crippen LogP contribution in [-0.2, 0) is 10.1 Å². The first-order valence-corrected chi connectivity index (χ1v) is 8.66. The van der Waals surface area contributed by atoms with Gasteiger partial charge in [-0.25, -0.2) is 0 Å². The second-order valence-electron chi connectivity index (χ2n) is 5.28. The lowest BCUT2D eigenvalue weighted by atomic mass is 10.1. The molecule has 0 saturated carbocycles. The molecule has 0 aromatic heterocycles. The highest BCUT2D eigenvalue weighted by Gasteiger charge is 2.25. The molecule has 0 spiro atoms. The van der Waals surface area contributed by atoms with Crippen molar-refractivity contribution in [3.63, 3.8) is 0 Å². The van der Waals surface area contributed by atoms with E-state index < -0.39 is 10.1 Å². The molecule has 2 aromatic carbocycles. The Hall–Kier alpha value is -2.05. The molecule has 0 fully saturated rings. The molecule has 0 atom stereocenters. The third kappa shape index (κ3) is 2.93. The fourth-order valence-electron chi connectivity index (χ4n) is 2.70. The van der Waals surface area contributed by atoms with Gasteiger partial charge < -0.3 is 9.64 Å². The fraction of sp³-hybridized carbons (Fsp3) is 0.250. The van der Waals surface area contributed by atoms with Crippen LogP contribution >= 0.6 is 0 Å². The number of para-hydroxylation sites is 3. The van der Waals surface area contributed by atoms with Crippen molar-refractivity contribution in [2.75, 3.05) is 17.2 Å². The van der Waals surface area contributed by atoms with Gasteiger partial charge in [-0.05, 0) is 37.1 Å². The van der Waals surface area contributed by atoms with Crippen LogP contribution in [0.3, 0.4) is 0 Å². The van der Waals surface area contributed by atoms with Crippen LogP contribution in [0.15, 0.2) is 42.5 Å². The summed E-state index contributed by atoms with van der Waals surface area (Å²) < 4.78 is 36.7. The van der Waals surface area contributed by atoms with Crippen molar-refractivity contribution >= 4 is 21.5 Å². The number of anilines is 2. The Balaban J connectivity index is 1.97. The van der Waals surface area contributed by atoms with E-state index in [1.807, 2.05) is 49.4 Å². The van der Waals surface area contributed by atoms with E-state index in [1.54, 1.807) is 0 Å². The Morgan fingerprint density at radius 3 is 2.59 bits per heavy atom. The van der Waals surface area contributed by atoms with E-state index in [9.17, 15) is 8.42 Å². The normalized spacial score (nSPS) is 13.3. The monoisotopic (exact) mass is 319 g/mol. The average molecular weight is 319 g/mol. The first kappa shape index (κ1) is 14.9. The maximum absolute atomic E-state index is 10.9. The quantitative estimate of drug-likeness (QED) is 0.873. The zero-order valence-electron chi connectivity index (χ0n) is 12.2. The van der Waals surface area contributed by atoms with Crippen LogP contribution in [0.5, 0.6) is 11.5 Å². The summed E-state index contributed by atoms with van der Waals surface area (Å²) in [6, 6.07) is 13.5. The highest BCUT2D eigenvalue weighted by Crippen LogP contribution is 2.47. The molecule has 0 amide bonds. The Morgan fingerprint density at radius 2 is 1.82 bits per heavy atom. The number of hydrogen-bond donors (Lipinski definition) is 1. The Kier molecular flexibility index (Phi) is 3.80. The SMILES string of the molecule is Cc1cccc2c1N(CCCS(=O)(=O)O)c1ccccc1O2. The summed E-state index contributed by atoms with van der Waals surface area (Å²) in [5.74, 6) is 1.24. The number of rotatable bonds is 4. The maximum atomic E-state index is 10.9. The minimum Gasteiger partial charge on any atom is -0.453 e. The topological polar surface area (TPSA) is 66.8 Å². The molecule has 0 radical (unpaired) electrons. The van der Waals surface area contributed by atoms with Gasteiger partial charge in [0.25, 0.3) is 10.1 Å². The fourth-order valence-corrected chi connectivity index (χ4v) is 3.20. The van der Waals surface area contributed by atoms with Crippen molar-refractivity contribution in [3.8, 4) is 11.5 Å². The highest BCUT2D eigenvalue weighted by molar-refractivity contribution is 7.85. The van der Waals surface area contributed by atoms with Gasteiger partial charge in [0.1, 0.15) is 0 Å². The molecule has 0 saturated heterocycles. The van der Waals surface area contributed by atoms with E-state index in [0.717, 1.165) is 28.4 Å². The van der Waals surface area contributed by atoms with Crippen molar-refractivity contribution in [2.45, 2.75) is 13.3 Å². The standard InChI is InChI=1S/C16H17NO4S/c1-12-6-4-9-15-16(12)17(10-5-11-22(18,19)20)13-7-2-3-8-14(13)21-15/h2-4,6-9H,5,10-11H2,1H3,(H,18,19,20). The van der Waals surface area contributed by atoms with Gasteiger partial charge in [0.2, 0.25) is 0 Å². The maximum Gasteiger partial charge on any atom is 0.264 e. The van der Waals surface area contributed by atoms with Gasteiger partial charge in [-0.2, -0.15) is 8.42 Å². The second-order valence-corrected chi connectivity index (χ2v) is 6.85. The van der Waals surface area contributed by atoms with Gasteiger partial charge in [0, 0.05) is 6.54 Å². The molecule has 6 heteroatoms. The molecule has 3 rings (SSSR count). The number of fused-ring (bicyclic) bond motifs is 2. The zero-order chi connectivity index (χ0) is 15.7. The molecule has 5 nitrogen and oxygen atoms in total. The van der Waals surface area contributed by atoms with Gasteiger partial charge in [0.15, 0.2) is 11.5 Å². The molecule has 22 heavy (non-hydrogen) atoms. The zero-order valence-corrected chi connectivity index (χ0v) is 13.0. The third-order valence-corrected chi connectivity index (χ3v) is 4.44. The van der Waals surface area contributed by atoms with Gasteiger partial charge in [-0.15, -0.1) is 0 Å². The highest BCUT2D eigenvalue weighted by atomic mass is 32.2. The first-order valence-electron chi connectivity index (χ1n) is 7.05. The van der Waals surface area contributed by atoms with Gasteiger partial charge in [-0.3, -0.25) is 4.55 Å². The molecule has 116 valence electrons. The first-order chi connectivity index (χ1) is 10.5. The lowest BCUT2D eigenvalue weighted by Crippen LogP contribution is -2.25. The summed E-state index contributed by atoms with van der Waals surface area (Å²) in [5.41, 5.74) is 2.90. The van der Waals surface area contributed by atoms with Crippen molar-refractivity contribution < 1.29 is 17.7 Å². The van der Waals surface area contributed by atoms with E-state index in [4.69, 9.17) is 9.29 Å². The molecule has 2 aromatic rings. The van der Waals surface area contributed by atoms with Gasteiger partial charge in [-0.1, -0.05) is 24.3 Å². The molecule has 1 heterocycles. The molecular formula is C16H17NO4S. The van der Waals surface area contributed by atoms with Crippen LogP contribution < -0.4 is 9.64 Å². The largest absolute Gasteiger partial charge is 0.453 e. The third-order valence-electron chi connectivity index (χ3n) is 3.63. The Labute approximate surface area is 129 Å². The van der Waals surface area contributed by atoms with Crippen LogP contribution in [-0.4, -0.2) is 25.3 Å². The molecule has 0 aliphatic carbocycles. The number of aryl methyl sites for hydroxylation is 1. The summed E-state index contributed by atoms with van der Waals surface area (Å²) >= 11 is 0. The van der Waals surface area contributed by atoms with E-state index in [2.05, 4.69) is 4.90 Å². The van der Waals surface area contributed by atoms with Gasteiger partial charge >= 0.3 is 0 Å². The van der Waals surface area contributed by atoms with Crippen molar-refractivity contribution in [1.82, 2.24) is 0 Å². The number of nitrogens with zero attached hydrogens (tertiary/aromatic N) is 1. The summed E-state index contributed by atoms with van der Waals surface area (Å²) in [6.45, 7) is 2.48. The predicted molar refractivity (Wildman–Crippen MR) is 85.7 cm³/mol.